The first-order chi connectivity index (χ1) is 10.0. The lowest BCUT2D eigenvalue weighted by molar-refractivity contribution is 0.0697. The van der Waals surface area contributed by atoms with E-state index in [0.29, 0.717) is 11.5 Å². The van der Waals surface area contributed by atoms with Crippen molar-refractivity contribution in [2.75, 3.05) is 19.5 Å². The van der Waals surface area contributed by atoms with Crippen molar-refractivity contribution in [1.82, 2.24) is 0 Å². The molecule has 0 fully saturated rings. The van der Waals surface area contributed by atoms with Crippen LogP contribution in [-0.2, 0) is 0 Å². The number of carboxylic acid groups (broad SMARTS) is 1. The molecule has 0 aliphatic heterocycles. The van der Waals surface area contributed by atoms with E-state index in [1.54, 1.807) is 32.4 Å². The molecule has 0 aliphatic carbocycles. The van der Waals surface area contributed by atoms with Crippen molar-refractivity contribution in [3.05, 3.63) is 47.5 Å². The van der Waals surface area contributed by atoms with Crippen LogP contribution in [0.2, 0.25) is 0 Å². The lowest BCUT2D eigenvalue weighted by atomic mass is 10.1. The Hall–Kier alpha value is -2.69. The molecular formula is C16H17NO4. The zero-order valence-corrected chi connectivity index (χ0v) is 12.1. The van der Waals surface area contributed by atoms with Gasteiger partial charge in [-0.3, -0.25) is 0 Å². The lowest BCUT2D eigenvalue weighted by Gasteiger charge is -2.14. The molecule has 5 heteroatoms. The fourth-order valence-electron chi connectivity index (χ4n) is 1.99. The first-order valence-corrected chi connectivity index (χ1v) is 6.38. The third kappa shape index (κ3) is 3.25. The third-order valence-electron chi connectivity index (χ3n) is 3.15. The van der Waals surface area contributed by atoms with Crippen LogP contribution in [0.15, 0.2) is 36.4 Å². The van der Waals surface area contributed by atoms with Crippen molar-refractivity contribution >= 4 is 17.3 Å². The predicted molar refractivity (Wildman–Crippen MR) is 81.0 cm³/mol. The summed E-state index contributed by atoms with van der Waals surface area (Å²) in [6.07, 6.45) is 0. The van der Waals surface area contributed by atoms with Crippen molar-refractivity contribution in [1.29, 1.82) is 0 Å². The van der Waals surface area contributed by atoms with Crippen LogP contribution in [0.3, 0.4) is 0 Å². The van der Waals surface area contributed by atoms with Gasteiger partial charge < -0.3 is 19.9 Å². The van der Waals surface area contributed by atoms with Crippen molar-refractivity contribution in [3.8, 4) is 11.5 Å². The van der Waals surface area contributed by atoms with Crippen LogP contribution in [0.5, 0.6) is 11.5 Å². The highest BCUT2D eigenvalue weighted by molar-refractivity contribution is 5.88. The summed E-state index contributed by atoms with van der Waals surface area (Å²) in [6, 6.07) is 10.4. The van der Waals surface area contributed by atoms with E-state index in [1.807, 2.05) is 25.1 Å². The van der Waals surface area contributed by atoms with E-state index in [1.165, 1.54) is 0 Å². The zero-order chi connectivity index (χ0) is 15.4. The molecule has 2 aromatic rings. The second kappa shape index (κ2) is 6.17. The molecule has 0 radical (unpaired) electrons. The molecule has 110 valence electrons. The van der Waals surface area contributed by atoms with E-state index in [9.17, 15) is 4.79 Å². The standard InChI is InChI=1S/C16H17NO4/c1-10-8-11(16(18)19)4-6-13(10)17-14-9-12(20-2)5-7-15(14)21-3/h4-9,17H,1-3H3,(H,18,19). The van der Waals surface area contributed by atoms with Gasteiger partial charge in [0.1, 0.15) is 11.5 Å². The van der Waals surface area contributed by atoms with Gasteiger partial charge >= 0.3 is 5.97 Å². The average Bonchev–Trinajstić information content (AvgIpc) is 2.49. The third-order valence-corrected chi connectivity index (χ3v) is 3.15. The van der Waals surface area contributed by atoms with Gasteiger partial charge in [0, 0.05) is 11.8 Å². The van der Waals surface area contributed by atoms with Gasteiger partial charge in [-0.05, 0) is 42.8 Å². The second-order valence-corrected chi connectivity index (χ2v) is 4.53. The summed E-state index contributed by atoms with van der Waals surface area (Å²) < 4.78 is 10.5. The molecule has 0 saturated carbocycles. The minimum Gasteiger partial charge on any atom is -0.497 e. The number of anilines is 2. The fraction of sp³-hybridized carbons (Fsp3) is 0.188. The van der Waals surface area contributed by atoms with E-state index in [4.69, 9.17) is 14.6 Å². The van der Waals surface area contributed by atoms with E-state index in [0.717, 1.165) is 16.9 Å². The number of hydrogen-bond acceptors (Lipinski definition) is 4. The van der Waals surface area contributed by atoms with Crippen LogP contribution in [0.25, 0.3) is 0 Å². The molecule has 2 N–H and O–H groups in total. The number of ether oxygens (including phenoxy) is 2. The molecule has 0 amide bonds. The Morgan fingerprint density at radius 2 is 1.81 bits per heavy atom. The largest absolute Gasteiger partial charge is 0.497 e. The SMILES string of the molecule is COc1ccc(OC)c(Nc2ccc(C(=O)O)cc2C)c1. The molecule has 2 aromatic carbocycles. The van der Waals surface area contributed by atoms with E-state index in [2.05, 4.69) is 5.32 Å². The van der Waals surface area contributed by atoms with Crippen molar-refractivity contribution < 1.29 is 19.4 Å². The normalized spacial score (nSPS) is 10.0. The number of rotatable bonds is 5. The smallest absolute Gasteiger partial charge is 0.335 e. The van der Waals surface area contributed by atoms with Gasteiger partial charge in [0.25, 0.3) is 0 Å². The molecule has 0 spiro atoms. The molecule has 0 aliphatic rings. The van der Waals surface area contributed by atoms with Gasteiger partial charge in [0.15, 0.2) is 0 Å². The summed E-state index contributed by atoms with van der Waals surface area (Å²) in [5.74, 6) is 0.444. The number of carbonyl (C=O) groups is 1. The molecule has 0 aromatic heterocycles. The monoisotopic (exact) mass is 287 g/mol. The van der Waals surface area contributed by atoms with Crippen LogP contribution in [0.1, 0.15) is 15.9 Å². The first kappa shape index (κ1) is 14.7. The maximum absolute atomic E-state index is 10.9. The number of methoxy groups -OCH3 is 2. The van der Waals surface area contributed by atoms with Gasteiger partial charge in [-0.25, -0.2) is 4.79 Å². The number of aromatic carboxylic acids is 1. The highest BCUT2D eigenvalue weighted by atomic mass is 16.5. The molecular weight excluding hydrogens is 270 g/mol. The maximum Gasteiger partial charge on any atom is 0.335 e. The molecule has 0 saturated heterocycles. The summed E-state index contributed by atoms with van der Waals surface area (Å²) >= 11 is 0. The quantitative estimate of drug-likeness (QED) is 0.881. The van der Waals surface area contributed by atoms with Crippen LogP contribution in [0.4, 0.5) is 11.4 Å². The Morgan fingerprint density at radius 3 is 2.38 bits per heavy atom. The molecule has 0 heterocycles. The van der Waals surface area contributed by atoms with Gasteiger partial charge in [0.05, 0.1) is 25.5 Å². The molecule has 0 bridgehead atoms. The summed E-state index contributed by atoms with van der Waals surface area (Å²) in [6.45, 7) is 1.85. The van der Waals surface area contributed by atoms with Gasteiger partial charge in [0.2, 0.25) is 0 Å². The van der Waals surface area contributed by atoms with Crippen molar-refractivity contribution in [2.24, 2.45) is 0 Å². The minimum absolute atomic E-state index is 0.260. The molecule has 0 unspecified atom stereocenters. The predicted octanol–water partition coefficient (Wildman–Crippen LogP) is 3.45. The summed E-state index contributed by atoms with van der Waals surface area (Å²) in [7, 11) is 3.19. The Kier molecular flexibility index (Phi) is 4.33. The van der Waals surface area contributed by atoms with Crippen LogP contribution in [0, 0.1) is 6.92 Å². The minimum atomic E-state index is -0.941. The van der Waals surface area contributed by atoms with Crippen molar-refractivity contribution in [2.45, 2.75) is 6.92 Å². The Bertz CT molecular complexity index is 667. The summed E-state index contributed by atoms with van der Waals surface area (Å²) in [4.78, 5) is 10.9. The maximum atomic E-state index is 10.9. The average molecular weight is 287 g/mol. The topological polar surface area (TPSA) is 67.8 Å². The van der Waals surface area contributed by atoms with Gasteiger partial charge in [-0.2, -0.15) is 0 Å². The Labute approximate surface area is 123 Å². The number of hydrogen-bond donors (Lipinski definition) is 2. The number of benzene rings is 2. The summed E-state index contributed by atoms with van der Waals surface area (Å²) in [5, 5.41) is 12.2. The molecule has 2 rings (SSSR count). The second-order valence-electron chi connectivity index (χ2n) is 4.53. The van der Waals surface area contributed by atoms with E-state index < -0.39 is 5.97 Å². The first-order valence-electron chi connectivity index (χ1n) is 6.38. The van der Waals surface area contributed by atoms with E-state index >= 15 is 0 Å². The Balaban J connectivity index is 2.35. The summed E-state index contributed by atoms with van der Waals surface area (Å²) in [5.41, 5.74) is 2.66. The molecule has 0 atom stereocenters. The highest BCUT2D eigenvalue weighted by Gasteiger charge is 2.09. The van der Waals surface area contributed by atoms with E-state index in [-0.39, 0.29) is 5.56 Å². The van der Waals surface area contributed by atoms with Crippen LogP contribution < -0.4 is 14.8 Å². The zero-order valence-electron chi connectivity index (χ0n) is 12.1. The van der Waals surface area contributed by atoms with Crippen LogP contribution >= 0.6 is 0 Å². The number of nitrogens with one attached hydrogen (secondary N) is 1. The number of aryl methyl sites for hydroxylation is 1. The van der Waals surface area contributed by atoms with Crippen molar-refractivity contribution in [3.63, 3.8) is 0 Å². The van der Waals surface area contributed by atoms with Gasteiger partial charge in [-0.15, -0.1) is 0 Å². The molecule has 5 nitrogen and oxygen atoms in total. The van der Waals surface area contributed by atoms with Gasteiger partial charge in [-0.1, -0.05) is 0 Å². The van der Waals surface area contributed by atoms with Crippen LogP contribution in [-0.4, -0.2) is 25.3 Å². The molecule has 21 heavy (non-hydrogen) atoms. The Morgan fingerprint density at radius 1 is 1.05 bits per heavy atom. The lowest BCUT2D eigenvalue weighted by Crippen LogP contribution is -2.00. The highest BCUT2D eigenvalue weighted by Crippen LogP contribution is 2.32. The fourth-order valence-corrected chi connectivity index (χ4v) is 1.99. The number of carboxylic acids is 1.